The van der Waals surface area contributed by atoms with E-state index in [2.05, 4.69) is 40.2 Å². The first kappa shape index (κ1) is 18.6. The summed E-state index contributed by atoms with van der Waals surface area (Å²) in [4.78, 5) is 12.3. The predicted molar refractivity (Wildman–Crippen MR) is 101 cm³/mol. The summed E-state index contributed by atoms with van der Waals surface area (Å²) < 4.78 is 0. The molecule has 0 radical (unpaired) electrons. The lowest BCUT2D eigenvalue weighted by molar-refractivity contribution is 0.871. The molecule has 0 amide bonds. The Morgan fingerprint density at radius 1 is 1.15 bits per heavy atom. The molecule has 4 nitrogen and oxygen atoms in total. The highest BCUT2D eigenvalue weighted by atomic mass is 32.2. The van der Waals surface area contributed by atoms with Crippen molar-refractivity contribution in [1.29, 1.82) is 0 Å². The maximum absolute atomic E-state index is 5.60. The number of nitrogen functional groups attached to an aromatic ring is 1. The van der Waals surface area contributed by atoms with Crippen LogP contribution in [0.3, 0.4) is 0 Å². The molecule has 0 fully saturated rings. The fraction of sp³-hybridized carbons (Fsp3) is 0.727. The van der Waals surface area contributed by atoms with Gasteiger partial charge < -0.3 is 5.73 Å². The molecular weight excluding hydrogens is 348 g/mol. The number of aromatic nitrogens is 3. The average Bonchev–Trinajstić information content (AvgIpc) is 2.40. The molecule has 114 valence electrons. The number of rotatable bonds is 10. The lowest BCUT2D eigenvalue weighted by atomic mass is 10.5. The quantitative estimate of drug-likeness (QED) is 0.333. The van der Waals surface area contributed by atoms with Gasteiger partial charge in [0, 0.05) is 34.0 Å². The number of anilines is 1. The molecule has 1 aromatic heterocycles. The van der Waals surface area contributed by atoms with Crippen LogP contribution in [0.15, 0.2) is 5.16 Å². The number of nitrogens with two attached hydrogens (primary N) is 1. The Morgan fingerprint density at radius 2 is 1.95 bits per heavy atom. The van der Waals surface area contributed by atoms with Crippen molar-refractivity contribution in [3.8, 4) is 0 Å². The lowest BCUT2D eigenvalue weighted by Gasteiger charge is -2.12. The third kappa shape index (κ3) is 8.11. The second-order valence-electron chi connectivity index (χ2n) is 3.85. The van der Waals surface area contributed by atoms with Crippen molar-refractivity contribution >= 4 is 66.5 Å². The second kappa shape index (κ2) is 11.2. The molecule has 0 spiro atoms. The third-order valence-corrected chi connectivity index (χ3v) is 7.06. The largest absolute Gasteiger partial charge is 0.368 e. The van der Waals surface area contributed by atoms with E-state index >= 15 is 0 Å². The Hall–Kier alpha value is 0.560. The van der Waals surface area contributed by atoms with Crippen molar-refractivity contribution in [2.75, 3.05) is 40.3 Å². The molecule has 0 aliphatic rings. The second-order valence-corrected chi connectivity index (χ2v) is 8.28. The first-order valence-corrected chi connectivity index (χ1v) is 10.6. The van der Waals surface area contributed by atoms with Gasteiger partial charge in [-0.1, -0.05) is 11.8 Å². The minimum atomic E-state index is 0.297. The topological polar surface area (TPSA) is 64.7 Å². The highest BCUT2D eigenvalue weighted by Crippen LogP contribution is 2.20. The van der Waals surface area contributed by atoms with Gasteiger partial charge in [0.15, 0.2) is 5.16 Å². The van der Waals surface area contributed by atoms with Gasteiger partial charge in [-0.2, -0.15) is 58.7 Å². The number of thiol groups is 2. The van der Waals surface area contributed by atoms with Crippen molar-refractivity contribution < 1.29 is 0 Å². The predicted octanol–water partition coefficient (Wildman–Crippen LogP) is 2.55. The van der Waals surface area contributed by atoms with E-state index in [4.69, 9.17) is 5.73 Å². The normalized spacial score (nSPS) is 12.6. The number of thioether (sulfide) groups is 3. The van der Waals surface area contributed by atoms with Crippen molar-refractivity contribution in [1.82, 2.24) is 15.0 Å². The molecule has 0 saturated heterocycles. The molecular formula is C11H20N4S5. The van der Waals surface area contributed by atoms with E-state index in [0.29, 0.717) is 22.2 Å². The fourth-order valence-electron chi connectivity index (χ4n) is 1.32. The average molecular weight is 369 g/mol. The van der Waals surface area contributed by atoms with Crippen LogP contribution in [0.1, 0.15) is 5.82 Å². The highest BCUT2D eigenvalue weighted by molar-refractivity contribution is 8.05. The van der Waals surface area contributed by atoms with Crippen molar-refractivity contribution in [2.24, 2.45) is 0 Å². The summed E-state index contributed by atoms with van der Waals surface area (Å²) in [5.41, 5.74) is 5.60. The molecule has 0 aromatic carbocycles. The van der Waals surface area contributed by atoms with Crippen LogP contribution in [0.25, 0.3) is 0 Å². The van der Waals surface area contributed by atoms with Crippen LogP contribution in [0.4, 0.5) is 5.95 Å². The summed E-state index contributed by atoms with van der Waals surface area (Å²) >= 11 is 14.1. The van der Waals surface area contributed by atoms with Crippen LogP contribution < -0.4 is 5.73 Å². The zero-order valence-electron chi connectivity index (χ0n) is 11.4. The molecule has 1 atom stereocenters. The molecule has 20 heavy (non-hydrogen) atoms. The summed E-state index contributed by atoms with van der Waals surface area (Å²) in [7, 11) is 0. The molecule has 2 N–H and O–H groups in total. The molecule has 0 aliphatic carbocycles. The van der Waals surface area contributed by atoms with E-state index in [-0.39, 0.29) is 0 Å². The standard InChI is InChI=1S/C11H20N4S5/c1-8-13-10(12)15-11(14-8)20-5-4-18-7-9(6-17)19-3-2-16/h9,16-17H,2-7H2,1H3,(H2,12,13,14,15). The summed E-state index contributed by atoms with van der Waals surface area (Å²) in [5.74, 6) is 7.08. The molecule has 0 saturated carbocycles. The molecule has 1 unspecified atom stereocenters. The van der Waals surface area contributed by atoms with E-state index in [0.717, 1.165) is 34.5 Å². The smallest absolute Gasteiger partial charge is 0.224 e. The number of nitrogens with zero attached hydrogens (tertiary/aromatic N) is 3. The van der Waals surface area contributed by atoms with Crippen LogP contribution in [-0.4, -0.2) is 54.7 Å². The summed E-state index contributed by atoms with van der Waals surface area (Å²) in [6, 6.07) is 0. The minimum Gasteiger partial charge on any atom is -0.368 e. The molecule has 1 heterocycles. The Morgan fingerprint density at radius 3 is 2.60 bits per heavy atom. The van der Waals surface area contributed by atoms with E-state index in [9.17, 15) is 0 Å². The first-order chi connectivity index (χ1) is 9.65. The fourth-order valence-corrected chi connectivity index (χ4v) is 5.36. The highest BCUT2D eigenvalue weighted by Gasteiger charge is 2.07. The Balaban J connectivity index is 2.17. The van der Waals surface area contributed by atoms with E-state index in [1.807, 2.05) is 30.4 Å². The van der Waals surface area contributed by atoms with Gasteiger partial charge >= 0.3 is 0 Å². The number of aryl methyl sites for hydroxylation is 1. The van der Waals surface area contributed by atoms with Crippen LogP contribution in [0.2, 0.25) is 0 Å². The molecule has 9 heteroatoms. The maximum atomic E-state index is 5.60. The Kier molecular flexibility index (Phi) is 10.4. The van der Waals surface area contributed by atoms with Crippen LogP contribution >= 0.6 is 60.5 Å². The van der Waals surface area contributed by atoms with Crippen molar-refractivity contribution in [3.05, 3.63) is 5.82 Å². The summed E-state index contributed by atoms with van der Waals surface area (Å²) in [6.45, 7) is 1.83. The zero-order chi connectivity index (χ0) is 14.8. The van der Waals surface area contributed by atoms with Gasteiger partial charge in [-0.05, 0) is 12.7 Å². The summed E-state index contributed by atoms with van der Waals surface area (Å²) in [6.07, 6.45) is 0. The maximum Gasteiger partial charge on any atom is 0.224 e. The van der Waals surface area contributed by atoms with E-state index in [1.54, 1.807) is 11.8 Å². The number of hydrogen-bond donors (Lipinski definition) is 3. The molecule has 0 aliphatic heterocycles. The van der Waals surface area contributed by atoms with Gasteiger partial charge in [-0.25, -0.2) is 4.98 Å². The van der Waals surface area contributed by atoms with Gasteiger partial charge in [0.05, 0.1) is 0 Å². The lowest BCUT2D eigenvalue weighted by Crippen LogP contribution is -2.10. The minimum absolute atomic E-state index is 0.297. The monoisotopic (exact) mass is 368 g/mol. The first-order valence-electron chi connectivity index (χ1n) is 6.17. The Bertz CT molecular complexity index is 373. The van der Waals surface area contributed by atoms with Crippen molar-refractivity contribution in [2.45, 2.75) is 17.3 Å². The summed E-state index contributed by atoms with van der Waals surface area (Å²) in [5, 5.41) is 1.32. The third-order valence-electron chi connectivity index (χ3n) is 2.16. The van der Waals surface area contributed by atoms with Crippen LogP contribution in [-0.2, 0) is 0 Å². The van der Waals surface area contributed by atoms with E-state index in [1.165, 1.54) is 0 Å². The zero-order valence-corrected chi connectivity index (χ0v) is 15.6. The van der Waals surface area contributed by atoms with E-state index < -0.39 is 0 Å². The van der Waals surface area contributed by atoms with Gasteiger partial charge in [0.2, 0.25) is 5.95 Å². The van der Waals surface area contributed by atoms with Gasteiger partial charge in [0.25, 0.3) is 0 Å². The van der Waals surface area contributed by atoms with Crippen LogP contribution in [0.5, 0.6) is 0 Å². The molecule has 1 rings (SSSR count). The van der Waals surface area contributed by atoms with Crippen LogP contribution in [0, 0.1) is 6.92 Å². The molecule has 1 aromatic rings. The van der Waals surface area contributed by atoms with Gasteiger partial charge in [0.1, 0.15) is 5.82 Å². The van der Waals surface area contributed by atoms with Gasteiger partial charge in [-0.3, -0.25) is 0 Å². The molecule has 0 bridgehead atoms. The number of hydrogen-bond acceptors (Lipinski definition) is 9. The van der Waals surface area contributed by atoms with Crippen molar-refractivity contribution in [3.63, 3.8) is 0 Å². The SMILES string of the molecule is Cc1nc(N)nc(SCCSCC(CS)SCCS)n1. The Labute approximate surface area is 144 Å². The van der Waals surface area contributed by atoms with Gasteiger partial charge in [-0.15, -0.1) is 0 Å².